The Morgan fingerprint density at radius 1 is 1.33 bits per heavy atom. The number of carbonyl (C=O) groups is 1. The Labute approximate surface area is 129 Å². The van der Waals surface area contributed by atoms with Crippen LogP contribution in [-0.2, 0) is 9.53 Å². The van der Waals surface area contributed by atoms with E-state index in [1.807, 2.05) is 0 Å². The van der Waals surface area contributed by atoms with Crippen molar-refractivity contribution in [1.82, 2.24) is 10.2 Å². The third-order valence-electron chi connectivity index (χ3n) is 5.72. The first kappa shape index (κ1) is 16.8. The summed E-state index contributed by atoms with van der Waals surface area (Å²) in [7, 11) is 1.51. The van der Waals surface area contributed by atoms with E-state index in [0.29, 0.717) is 5.92 Å². The Bertz CT molecular complexity index is 351. The van der Waals surface area contributed by atoms with Crippen LogP contribution in [0.2, 0.25) is 0 Å². The fraction of sp³-hybridized carbons (Fsp3) is 0.941. The Hall–Kier alpha value is -0.610. The maximum Gasteiger partial charge on any atom is 0.326 e. The van der Waals surface area contributed by atoms with Gasteiger partial charge in [-0.25, -0.2) is 0 Å². The topological polar surface area (TPSA) is 41.6 Å². The van der Waals surface area contributed by atoms with Crippen molar-refractivity contribution in [3.8, 4) is 0 Å². The van der Waals surface area contributed by atoms with E-state index in [9.17, 15) is 4.79 Å². The molecule has 0 aromatic carbocycles. The molecule has 1 N–H and O–H groups in total. The predicted octanol–water partition coefficient (Wildman–Crippen LogP) is 2.29. The van der Waals surface area contributed by atoms with Gasteiger partial charge in [0.25, 0.3) is 0 Å². The second-order valence-electron chi connectivity index (χ2n) is 7.09. The SMILES string of the molecule is CCNC1(C(=O)OC)CCCC1CCN1CC(C)C(C)C1. The molecule has 21 heavy (non-hydrogen) atoms. The Morgan fingerprint density at radius 3 is 2.57 bits per heavy atom. The second kappa shape index (κ2) is 7.10. The molecule has 1 heterocycles. The van der Waals surface area contributed by atoms with Gasteiger partial charge in [0.05, 0.1) is 7.11 Å². The van der Waals surface area contributed by atoms with E-state index in [4.69, 9.17) is 4.74 Å². The highest BCUT2D eigenvalue weighted by Gasteiger charge is 2.49. The number of hydrogen-bond acceptors (Lipinski definition) is 4. The fourth-order valence-corrected chi connectivity index (χ4v) is 4.31. The number of nitrogens with zero attached hydrogens (tertiary/aromatic N) is 1. The smallest absolute Gasteiger partial charge is 0.326 e. The van der Waals surface area contributed by atoms with Crippen LogP contribution in [0.1, 0.15) is 46.5 Å². The van der Waals surface area contributed by atoms with E-state index >= 15 is 0 Å². The predicted molar refractivity (Wildman–Crippen MR) is 85.1 cm³/mol. The van der Waals surface area contributed by atoms with Crippen LogP contribution in [0.4, 0.5) is 0 Å². The number of likely N-dealkylation sites (tertiary alicyclic amines) is 1. The number of esters is 1. The van der Waals surface area contributed by atoms with Gasteiger partial charge in [0.15, 0.2) is 0 Å². The largest absolute Gasteiger partial charge is 0.468 e. The summed E-state index contributed by atoms with van der Waals surface area (Å²) in [5.41, 5.74) is -0.430. The lowest BCUT2D eigenvalue weighted by atomic mass is 9.84. The van der Waals surface area contributed by atoms with E-state index in [2.05, 4.69) is 31.0 Å². The number of methoxy groups -OCH3 is 1. The molecule has 0 bridgehead atoms. The van der Waals surface area contributed by atoms with Gasteiger partial charge in [-0.3, -0.25) is 4.79 Å². The van der Waals surface area contributed by atoms with Gasteiger partial charge in [0, 0.05) is 13.1 Å². The number of likely N-dealkylation sites (N-methyl/N-ethyl adjacent to an activating group) is 1. The van der Waals surface area contributed by atoms with Crippen molar-refractivity contribution in [3.63, 3.8) is 0 Å². The highest BCUT2D eigenvalue weighted by atomic mass is 16.5. The minimum atomic E-state index is -0.430. The zero-order valence-corrected chi connectivity index (χ0v) is 14.2. The van der Waals surface area contributed by atoms with Crippen LogP contribution in [-0.4, -0.2) is 49.7 Å². The summed E-state index contributed by atoms with van der Waals surface area (Å²) in [6.45, 7) is 11.1. The molecule has 0 aromatic rings. The van der Waals surface area contributed by atoms with Crippen molar-refractivity contribution in [2.24, 2.45) is 17.8 Å². The van der Waals surface area contributed by atoms with Crippen molar-refractivity contribution >= 4 is 5.97 Å². The number of nitrogens with one attached hydrogen (secondary N) is 1. The molecule has 1 saturated carbocycles. The molecular formula is C17H32N2O2. The van der Waals surface area contributed by atoms with Gasteiger partial charge in [0.1, 0.15) is 5.54 Å². The van der Waals surface area contributed by atoms with Crippen molar-refractivity contribution in [2.75, 3.05) is 33.3 Å². The van der Waals surface area contributed by atoms with Crippen LogP contribution in [0.15, 0.2) is 0 Å². The van der Waals surface area contributed by atoms with Gasteiger partial charge in [-0.05, 0) is 50.1 Å². The molecule has 2 rings (SSSR count). The summed E-state index contributed by atoms with van der Waals surface area (Å²) in [4.78, 5) is 14.9. The molecule has 0 amide bonds. The van der Waals surface area contributed by atoms with Crippen LogP contribution in [0.3, 0.4) is 0 Å². The van der Waals surface area contributed by atoms with Gasteiger partial charge >= 0.3 is 5.97 Å². The molecule has 0 spiro atoms. The lowest BCUT2D eigenvalue weighted by Crippen LogP contribution is -2.55. The average molecular weight is 296 g/mol. The standard InChI is InChI=1S/C17H32N2O2/c1-5-18-17(16(20)21-4)9-6-7-15(17)8-10-19-11-13(2)14(3)12-19/h13-15,18H,5-12H2,1-4H3. The molecule has 1 aliphatic carbocycles. The van der Waals surface area contributed by atoms with E-state index in [0.717, 1.165) is 50.6 Å². The quantitative estimate of drug-likeness (QED) is 0.764. The summed E-state index contributed by atoms with van der Waals surface area (Å²) >= 11 is 0. The lowest BCUT2D eigenvalue weighted by molar-refractivity contribution is -0.150. The summed E-state index contributed by atoms with van der Waals surface area (Å²) in [6, 6.07) is 0. The summed E-state index contributed by atoms with van der Waals surface area (Å²) in [6.07, 6.45) is 4.28. The first-order valence-electron chi connectivity index (χ1n) is 8.59. The highest BCUT2D eigenvalue weighted by molar-refractivity contribution is 5.81. The molecule has 2 fully saturated rings. The van der Waals surface area contributed by atoms with Crippen LogP contribution in [0.25, 0.3) is 0 Å². The van der Waals surface area contributed by atoms with Gasteiger partial charge in [-0.2, -0.15) is 0 Å². The minimum Gasteiger partial charge on any atom is -0.468 e. The summed E-state index contributed by atoms with van der Waals surface area (Å²) < 4.78 is 5.11. The zero-order valence-electron chi connectivity index (χ0n) is 14.2. The molecule has 0 aromatic heterocycles. The van der Waals surface area contributed by atoms with Gasteiger partial charge in [0.2, 0.25) is 0 Å². The molecule has 4 heteroatoms. The highest BCUT2D eigenvalue weighted by Crippen LogP contribution is 2.39. The Kier molecular flexibility index (Phi) is 5.67. The number of rotatable bonds is 6. The summed E-state index contributed by atoms with van der Waals surface area (Å²) in [5, 5.41) is 3.46. The van der Waals surface area contributed by atoms with Crippen LogP contribution in [0.5, 0.6) is 0 Å². The minimum absolute atomic E-state index is 0.0602. The molecule has 1 saturated heterocycles. The maximum atomic E-state index is 12.3. The van der Waals surface area contributed by atoms with Crippen LogP contribution >= 0.6 is 0 Å². The normalized spacial score (nSPS) is 37.0. The van der Waals surface area contributed by atoms with E-state index in [-0.39, 0.29) is 5.97 Å². The molecule has 122 valence electrons. The molecule has 0 radical (unpaired) electrons. The third kappa shape index (κ3) is 3.42. The lowest BCUT2D eigenvalue weighted by Gasteiger charge is -2.34. The molecule has 4 unspecified atom stereocenters. The Balaban J connectivity index is 1.96. The van der Waals surface area contributed by atoms with E-state index < -0.39 is 5.54 Å². The monoisotopic (exact) mass is 296 g/mol. The van der Waals surface area contributed by atoms with Crippen molar-refractivity contribution in [1.29, 1.82) is 0 Å². The third-order valence-corrected chi connectivity index (χ3v) is 5.72. The fourth-order valence-electron chi connectivity index (χ4n) is 4.31. The molecule has 4 nitrogen and oxygen atoms in total. The number of ether oxygens (including phenoxy) is 1. The summed E-state index contributed by atoms with van der Waals surface area (Å²) in [5.74, 6) is 1.95. The van der Waals surface area contributed by atoms with Crippen LogP contribution in [0, 0.1) is 17.8 Å². The van der Waals surface area contributed by atoms with Crippen molar-refractivity contribution in [2.45, 2.75) is 52.0 Å². The number of hydrogen-bond donors (Lipinski definition) is 1. The molecule has 2 aliphatic rings. The number of carbonyl (C=O) groups excluding carboxylic acids is 1. The maximum absolute atomic E-state index is 12.3. The van der Waals surface area contributed by atoms with Crippen molar-refractivity contribution in [3.05, 3.63) is 0 Å². The van der Waals surface area contributed by atoms with Crippen molar-refractivity contribution < 1.29 is 9.53 Å². The first-order chi connectivity index (χ1) is 10.0. The van der Waals surface area contributed by atoms with Crippen LogP contribution < -0.4 is 5.32 Å². The van der Waals surface area contributed by atoms with Gasteiger partial charge in [-0.15, -0.1) is 0 Å². The Morgan fingerprint density at radius 2 is 2.00 bits per heavy atom. The molecule has 1 aliphatic heterocycles. The van der Waals surface area contributed by atoms with Gasteiger partial charge < -0.3 is 15.0 Å². The zero-order chi connectivity index (χ0) is 15.5. The molecular weight excluding hydrogens is 264 g/mol. The van der Waals surface area contributed by atoms with E-state index in [1.165, 1.54) is 20.2 Å². The van der Waals surface area contributed by atoms with E-state index in [1.54, 1.807) is 0 Å². The average Bonchev–Trinajstić information content (AvgIpc) is 3.01. The first-order valence-corrected chi connectivity index (χ1v) is 8.59. The second-order valence-corrected chi connectivity index (χ2v) is 7.09. The molecule has 4 atom stereocenters. The van der Waals surface area contributed by atoms with Gasteiger partial charge in [-0.1, -0.05) is 27.2 Å².